The lowest BCUT2D eigenvalue weighted by molar-refractivity contribution is -0.143. The molecule has 0 bridgehead atoms. The number of ether oxygens (including phenoxy) is 1. The van der Waals surface area contributed by atoms with Gasteiger partial charge in [0.25, 0.3) is 0 Å². The van der Waals surface area contributed by atoms with Crippen molar-refractivity contribution < 1.29 is 24.5 Å². The van der Waals surface area contributed by atoms with Crippen LogP contribution in [0.5, 0.6) is 0 Å². The van der Waals surface area contributed by atoms with E-state index >= 15 is 0 Å². The van der Waals surface area contributed by atoms with Gasteiger partial charge in [-0.2, -0.15) is 0 Å². The molecule has 2 atom stereocenters. The molecule has 6 nitrogen and oxygen atoms in total. The summed E-state index contributed by atoms with van der Waals surface area (Å²) in [4.78, 5) is 24.6. The lowest BCUT2D eigenvalue weighted by atomic mass is 10.0. The van der Waals surface area contributed by atoms with Gasteiger partial charge in [-0.15, -0.1) is 0 Å². The van der Waals surface area contributed by atoms with Crippen molar-refractivity contribution in [2.24, 2.45) is 0 Å². The molecule has 6 heteroatoms. The molecule has 0 aromatic carbocycles. The summed E-state index contributed by atoms with van der Waals surface area (Å²) in [6.07, 6.45) is 73.7. The maximum Gasteiger partial charge on any atom is 0.305 e. The van der Waals surface area contributed by atoms with E-state index in [0.29, 0.717) is 25.9 Å². The first-order valence-electron chi connectivity index (χ1n) is 32.4. The van der Waals surface area contributed by atoms with E-state index in [0.717, 1.165) is 44.9 Å². The molecule has 422 valence electrons. The van der Waals surface area contributed by atoms with Crippen LogP contribution in [0.4, 0.5) is 0 Å². The molecule has 0 saturated carbocycles. The first-order chi connectivity index (χ1) is 35.0. The number of nitrogens with one attached hydrogen (secondary N) is 1. The number of esters is 1. The molecule has 2 unspecified atom stereocenters. The Morgan fingerprint density at radius 3 is 1.00 bits per heavy atom. The second-order valence-corrected chi connectivity index (χ2v) is 22.5. The number of hydrogen-bond donors (Lipinski definition) is 3. The Kier molecular flexibility index (Phi) is 59.9. The van der Waals surface area contributed by atoms with Crippen LogP contribution in [0.3, 0.4) is 0 Å². The smallest absolute Gasteiger partial charge is 0.305 e. The van der Waals surface area contributed by atoms with Crippen LogP contribution in [0.25, 0.3) is 0 Å². The van der Waals surface area contributed by atoms with Gasteiger partial charge < -0.3 is 20.3 Å². The van der Waals surface area contributed by atoms with Crippen LogP contribution in [0.15, 0.2) is 12.2 Å². The number of amides is 1. The molecular formula is C65H127NO5. The summed E-state index contributed by atoms with van der Waals surface area (Å²) in [7, 11) is 0. The Balaban J connectivity index is 3.38. The van der Waals surface area contributed by atoms with Gasteiger partial charge in [-0.1, -0.05) is 315 Å². The monoisotopic (exact) mass is 1000 g/mol. The zero-order valence-electron chi connectivity index (χ0n) is 48.2. The minimum absolute atomic E-state index is 0.00506. The van der Waals surface area contributed by atoms with E-state index in [2.05, 4.69) is 31.3 Å². The van der Waals surface area contributed by atoms with Crippen LogP contribution < -0.4 is 5.32 Å². The molecule has 1 amide bonds. The van der Waals surface area contributed by atoms with Gasteiger partial charge >= 0.3 is 5.97 Å². The summed E-state index contributed by atoms with van der Waals surface area (Å²) in [5.74, 6) is -0.0273. The number of unbranched alkanes of at least 4 members (excludes halogenated alkanes) is 48. The van der Waals surface area contributed by atoms with Crippen molar-refractivity contribution in [2.45, 2.75) is 379 Å². The largest absolute Gasteiger partial charge is 0.466 e. The molecule has 0 aliphatic carbocycles. The van der Waals surface area contributed by atoms with Gasteiger partial charge in [-0.05, 0) is 51.4 Å². The number of aliphatic hydroxyl groups excluding tert-OH is 2. The van der Waals surface area contributed by atoms with Crippen molar-refractivity contribution in [2.75, 3.05) is 13.2 Å². The quantitative estimate of drug-likeness (QED) is 0.0320. The average Bonchev–Trinajstić information content (AvgIpc) is 3.37. The van der Waals surface area contributed by atoms with Gasteiger partial charge in [-0.3, -0.25) is 9.59 Å². The van der Waals surface area contributed by atoms with E-state index in [1.54, 1.807) is 0 Å². The Bertz CT molecular complexity index is 1060. The maximum atomic E-state index is 12.5. The highest BCUT2D eigenvalue weighted by Gasteiger charge is 2.20. The number of carbonyl (C=O) groups is 2. The number of allylic oxidation sites excluding steroid dienone is 2. The highest BCUT2D eigenvalue weighted by molar-refractivity contribution is 5.76. The molecule has 0 aliphatic heterocycles. The molecule has 0 aromatic heterocycles. The summed E-state index contributed by atoms with van der Waals surface area (Å²) in [5.41, 5.74) is 0. The second-order valence-electron chi connectivity index (χ2n) is 22.5. The van der Waals surface area contributed by atoms with Crippen molar-refractivity contribution in [1.82, 2.24) is 5.32 Å². The molecule has 0 spiro atoms. The highest BCUT2D eigenvalue weighted by Crippen LogP contribution is 2.18. The van der Waals surface area contributed by atoms with Crippen LogP contribution >= 0.6 is 0 Å². The highest BCUT2D eigenvalue weighted by atomic mass is 16.5. The van der Waals surface area contributed by atoms with E-state index < -0.39 is 12.1 Å². The zero-order valence-corrected chi connectivity index (χ0v) is 48.2. The molecule has 0 aromatic rings. The molecule has 0 heterocycles. The normalized spacial score (nSPS) is 12.6. The molecule has 71 heavy (non-hydrogen) atoms. The molecule has 0 aliphatic rings. The SMILES string of the molecule is CCCCCCCC/C=C\CCCCCCCC(=O)OCCCCCCCCCCCCCCCCCCCCCCCC(=O)NC(CO)C(O)CCCCCCCCCCCCCCCCCCCC. The first kappa shape index (κ1) is 69.6. The standard InChI is InChI=1S/C65H127NO5/c1-3-5-7-9-11-13-15-17-19-20-26-30-33-37-41-45-49-53-57-63(68)62(61-67)66-64(69)58-54-50-46-42-38-34-31-27-24-22-21-23-25-28-32-36-40-44-48-52-56-60-71-65(70)59-55-51-47-43-39-35-29-18-16-14-12-10-8-6-4-2/h18,29,62-63,67-68H,3-17,19-28,30-61H2,1-2H3,(H,66,69)/b29-18-. The number of carbonyl (C=O) groups excluding carboxylic acids is 2. The van der Waals surface area contributed by atoms with Gasteiger partial charge in [-0.25, -0.2) is 0 Å². The molecule has 0 saturated heterocycles. The second kappa shape index (κ2) is 61.1. The minimum atomic E-state index is -0.665. The molecule has 3 N–H and O–H groups in total. The van der Waals surface area contributed by atoms with Crippen molar-refractivity contribution in [1.29, 1.82) is 0 Å². The summed E-state index contributed by atoms with van der Waals surface area (Å²) >= 11 is 0. The zero-order chi connectivity index (χ0) is 51.4. The molecule has 0 radical (unpaired) electrons. The van der Waals surface area contributed by atoms with Crippen molar-refractivity contribution in [3.8, 4) is 0 Å². The third-order valence-electron chi connectivity index (χ3n) is 15.3. The number of rotatable bonds is 61. The first-order valence-corrected chi connectivity index (χ1v) is 32.4. The minimum Gasteiger partial charge on any atom is -0.466 e. The predicted octanol–water partition coefficient (Wildman–Crippen LogP) is 20.4. The Hall–Kier alpha value is -1.40. The van der Waals surface area contributed by atoms with E-state index in [1.165, 1.54) is 289 Å². The Morgan fingerprint density at radius 2 is 0.662 bits per heavy atom. The molecule has 0 fully saturated rings. The van der Waals surface area contributed by atoms with Crippen molar-refractivity contribution in [3.63, 3.8) is 0 Å². The third kappa shape index (κ3) is 57.7. The van der Waals surface area contributed by atoms with Gasteiger partial charge in [0.1, 0.15) is 0 Å². The topological polar surface area (TPSA) is 95.9 Å². The van der Waals surface area contributed by atoms with Crippen LogP contribution in [-0.4, -0.2) is 47.4 Å². The molecule has 0 rings (SSSR count). The fourth-order valence-electron chi connectivity index (χ4n) is 10.3. The summed E-state index contributed by atoms with van der Waals surface area (Å²) in [5, 5.41) is 23.4. The van der Waals surface area contributed by atoms with Crippen molar-refractivity contribution in [3.05, 3.63) is 12.2 Å². The fourth-order valence-corrected chi connectivity index (χ4v) is 10.3. The Labute approximate surface area is 444 Å². The van der Waals surface area contributed by atoms with E-state index in [4.69, 9.17) is 4.74 Å². The molecular weight excluding hydrogens is 875 g/mol. The van der Waals surface area contributed by atoms with Gasteiger partial charge in [0.05, 0.1) is 25.4 Å². The maximum absolute atomic E-state index is 12.5. The van der Waals surface area contributed by atoms with Crippen molar-refractivity contribution >= 4 is 11.9 Å². The van der Waals surface area contributed by atoms with E-state index in [9.17, 15) is 19.8 Å². The lowest BCUT2D eigenvalue weighted by Crippen LogP contribution is -2.45. The third-order valence-corrected chi connectivity index (χ3v) is 15.3. The van der Waals surface area contributed by atoms with Crippen LogP contribution in [-0.2, 0) is 14.3 Å². The van der Waals surface area contributed by atoms with Crippen LogP contribution in [0.1, 0.15) is 367 Å². The summed E-state index contributed by atoms with van der Waals surface area (Å²) in [6, 6.07) is -0.542. The lowest BCUT2D eigenvalue weighted by Gasteiger charge is -2.22. The van der Waals surface area contributed by atoms with E-state index in [-0.39, 0.29) is 18.5 Å². The summed E-state index contributed by atoms with van der Waals surface area (Å²) in [6.45, 7) is 4.97. The predicted molar refractivity (Wildman–Crippen MR) is 310 cm³/mol. The Morgan fingerprint density at radius 1 is 0.380 bits per heavy atom. The average molecular weight is 1000 g/mol. The van der Waals surface area contributed by atoms with Crippen LogP contribution in [0.2, 0.25) is 0 Å². The number of hydrogen-bond acceptors (Lipinski definition) is 5. The summed E-state index contributed by atoms with van der Waals surface area (Å²) < 4.78 is 5.48. The van der Waals surface area contributed by atoms with Gasteiger partial charge in [0.15, 0.2) is 0 Å². The van der Waals surface area contributed by atoms with E-state index in [1.807, 2.05) is 0 Å². The number of aliphatic hydroxyl groups is 2. The van der Waals surface area contributed by atoms with Crippen LogP contribution in [0, 0.1) is 0 Å². The van der Waals surface area contributed by atoms with Gasteiger partial charge in [0.2, 0.25) is 5.91 Å². The van der Waals surface area contributed by atoms with Gasteiger partial charge in [0, 0.05) is 12.8 Å². The fraction of sp³-hybridized carbons (Fsp3) is 0.938.